The molecule has 0 unspecified atom stereocenters. The van der Waals surface area contributed by atoms with Gasteiger partial charge >= 0.3 is 6.18 Å². The summed E-state index contributed by atoms with van der Waals surface area (Å²) in [6.07, 6.45) is 2.92. The lowest BCUT2D eigenvalue weighted by molar-refractivity contribution is -0.137. The Morgan fingerprint density at radius 1 is 1.10 bits per heavy atom. The van der Waals surface area contributed by atoms with E-state index in [4.69, 9.17) is 0 Å². The monoisotopic (exact) mass is 349 g/mol. The van der Waals surface area contributed by atoms with E-state index in [1.165, 1.54) is 37.8 Å². The van der Waals surface area contributed by atoms with Crippen LogP contribution in [-0.2, 0) is 12.7 Å². The molecule has 0 spiro atoms. The summed E-state index contributed by atoms with van der Waals surface area (Å²) < 4.78 is 38.9. The van der Waals surface area contributed by atoms with Crippen LogP contribution in [0.15, 0.2) is 22.7 Å². The molecule has 1 aliphatic carbocycles. The minimum Gasteiger partial charge on any atom is -0.310 e. The van der Waals surface area contributed by atoms with E-state index < -0.39 is 11.7 Å². The molecule has 1 aromatic rings. The van der Waals surface area contributed by atoms with Gasteiger partial charge in [0, 0.05) is 17.1 Å². The van der Waals surface area contributed by atoms with Crippen LogP contribution >= 0.6 is 15.9 Å². The normalized spacial score (nSPS) is 18.0. The Bertz CT molecular complexity index is 437. The Balaban J connectivity index is 2.01. The molecule has 0 amide bonds. The van der Waals surface area contributed by atoms with Gasteiger partial charge in [-0.25, -0.2) is 0 Å². The average molecular weight is 350 g/mol. The van der Waals surface area contributed by atoms with E-state index in [0.717, 1.165) is 23.4 Å². The standard InChI is InChI=1S/C15H19BrF3N/c16-14-8-7-12(15(17,18)19)9-11(14)10-20-13-5-3-1-2-4-6-13/h7-9,13,20H,1-6,10H2. The molecule has 1 saturated carbocycles. The van der Waals surface area contributed by atoms with Crippen molar-refractivity contribution in [2.45, 2.75) is 57.3 Å². The lowest BCUT2D eigenvalue weighted by Gasteiger charge is -2.17. The zero-order valence-corrected chi connectivity index (χ0v) is 12.9. The SMILES string of the molecule is FC(F)(F)c1ccc(Br)c(CNC2CCCCCC2)c1. The molecule has 1 aliphatic rings. The molecule has 1 fully saturated rings. The predicted molar refractivity (Wildman–Crippen MR) is 77.5 cm³/mol. The summed E-state index contributed by atoms with van der Waals surface area (Å²) in [6, 6.07) is 4.25. The molecule has 5 heteroatoms. The average Bonchev–Trinajstić information content (AvgIpc) is 2.65. The molecule has 112 valence electrons. The molecule has 0 saturated heterocycles. The molecule has 1 nitrogen and oxygen atoms in total. The number of rotatable bonds is 3. The van der Waals surface area contributed by atoms with Crippen molar-refractivity contribution in [3.05, 3.63) is 33.8 Å². The minimum absolute atomic E-state index is 0.430. The van der Waals surface area contributed by atoms with E-state index in [2.05, 4.69) is 21.2 Å². The number of hydrogen-bond donors (Lipinski definition) is 1. The van der Waals surface area contributed by atoms with E-state index in [9.17, 15) is 13.2 Å². The molecule has 0 radical (unpaired) electrons. The lowest BCUT2D eigenvalue weighted by atomic mass is 10.1. The molecule has 0 aromatic heterocycles. The second-order valence-corrected chi connectivity index (χ2v) is 6.23. The third-order valence-electron chi connectivity index (χ3n) is 3.81. The van der Waals surface area contributed by atoms with Gasteiger partial charge in [-0.2, -0.15) is 13.2 Å². The summed E-state index contributed by atoms with van der Waals surface area (Å²) in [5.41, 5.74) is 0.0856. The number of nitrogens with one attached hydrogen (secondary N) is 1. The van der Waals surface area contributed by atoms with E-state index in [1.807, 2.05) is 0 Å². The van der Waals surface area contributed by atoms with Gasteiger partial charge in [0.15, 0.2) is 0 Å². The van der Waals surface area contributed by atoms with Gasteiger partial charge < -0.3 is 5.32 Å². The Labute approximate surface area is 126 Å². The van der Waals surface area contributed by atoms with Gasteiger partial charge in [0.1, 0.15) is 0 Å². The van der Waals surface area contributed by atoms with Gasteiger partial charge in [-0.3, -0.25) is 0 Å². The highest BCUT2D eigenvalue weighted by Crippen LogP contribution is 2.32. The highest BCUT2D eigenvalue weighted by Gasteiger charge is 2.30. The van der Waals surface area contributed by atoms with Crippen molar-refractivity contribution in [2.75, 3.05) is 0 Å². The van der Waals surface area contributed by atoms with Crippen LogP contribution in [0, 0.1) is 0 Å². The van der Waals surface area contributed by atoms with Crippen molar-refractivity contribution < 1.29 is 13.2 Å². The van der Waals surface area contributed by atoms with Crippen LogP contribution in [0.5, 0.6) is 0 Å². The van der Waals surface area contributed by atoms with Crippen LogP contribution in [0.1, 0.15) is 49.7 Å². The van der Waals surface area contributed by atoms with Crippen LogP contribution in [0.4, 0.5) is 13.2 Å². The highest BCUT2D eigenvalue weighted by molar-refractivity contribution is 9.10. The Morgan fingerprint density at radius 3 is 2.35 bits per heavy atom. The molecular formula is C15H19BrF3N. The lowest BCUT2D eigenvalue weighted by Crippen LogP contribution is -2.28. The summed E-state index contributed by atoms with van der Waals surface area (Å²) in [7, 11) is 0. The maximum absolute atomic E-state index is 12.7. The highest BCUT2D eigenvalue weighted by atomic mass is 79.9. The molecule has 1 N–H and O–H groups in total. The Hall–Kier alpha value is -0.550. The molecule has 0 bridgehead atoms. The molecule has 0 atom stereocenters. The van der Waals surface area contributed by atoms with Crippen LogP contribution in [0.2, 0.25) is 0 Å². The summed E-state index contributed by atoms with van der Waals surface area (Å²) in [5.74, 6) is 0. The fourth-order valence-electron chi connectivity index (χ4n) is 2.62. The number of alkyl halides is 3. The number of hydrogen-bond acceptors (Lipinski definition) is 1. The molecular weight excluding hydrogens is 331 g/mol. The Morgan fingerprint density at radius 2 is 1.75 bits per heavy atom. The van der Waals surface area contributed by atoms with E-state index in [0.29, 0.717) is 18.2 Å². The van der Waals surface area contributed by atoms with Gasteiger partial charge in [-0.05, 0) is 36.6 Å². The zero-order chi connectivity index (χ0) is 14.6. The minimum atomic E-state index is -4.28. The van der Waals surface area contributed by atoms with Crippen LogP contribution in [-0.4, -0.2) is 6.04 Å². The maximum Gasteiger partial charge on any atom is 0.416 e. The predicted octanol–water partition coefficient (Wildman–Crippen LogP) is 5.28. The quantitative estimate of drug-likeness (QED) is 0.732. The number of benzene rings is 1. The summed E-state index contributed by atoms with van der Waals surface area (Å²) in [6.45, 7) is 0.481. The van der Waals surface area contributed by atoms with E-state index in [1.54, 1.807) is 0 Å². The van der Waals surface area contributed by atoms with Gasteiger partial charge in [-0.15, -0.1) is 0 Å². The third-order valence-corrected chi connectivity index (χ3v) is 4.58. The smallest absolute Gasteiger partial charge is 0.310 e. The van der Waals surface area contributed by atoms with E-state index in [-0.39, 0.29) is 0 Å². The van der Waals surface area contributed by atoms with Crippen LogP contribution in [0.3, 0.4) is 0 Å². The van der Waals surface area contributed by atoms with Crippen molar-refractivity contribution in [3.8, 4) is 0 Å². The second kappa shape index (κ2) is 6.94. The molecule has 0 heterocycles. The first-order valence-electron chi connectivity index (χ1n) is 7.06. The van der Waals surface area contributed by atoms with E-state index >= 15 is 0 Å². The van der Waals surface area contributed by atoms with Crippen LogP contribution in [0.25, 0.3) is 0 Å². The topological polar surface area (TPSA) is 12.0 Å². The molecule has 20 heavy (non-hydrogen) atoms. The fraction of sp³-hybridized carbons (Fsp3) is 0.600. The second-order valence-electron chi connectivity index (χ2n) is 5.37. The van der Waals surface area contributed by atoms with Crippen molar-refractivity contribution in [3.63, 3.8) is 0 Å². The third kappa shape index (κ3) is 4.48. The Kier molecular flexibility index (Phi) is 5.49. The first-order valence-corrected chi connectivity index (χ1v) is 7.85. The largest absolute Gasteiger partial charge is 0.416 e. The van der Waals surface area contributed by atoms with Gasteiger partial charge in [0.2, 0.25) is 0 Å². The maximum atomic E-state index is 12.7. The van der Waals surface area contributed by atoms with Gasteiger partial charge in [-0.1, -0.05) is 41.6 Å². The summed E-state index contributed by atoms with van der Waals surface area (Å²) >= 11 is 3.33. The molecule has 0 aliphatic heterocycles. The van der Waals surface area contributed by atoms with Crippen molar-refractivity contribution >= 4 is 15.9 Å². The van der Waals surface area contributed by atoms with Gasteiger partial charge in [0.25, 0.3) is 0 Å². The molecule has 1 aromatic carbocycles. The first kappa shape index (κ1) is 15.8. The first-order chi connectivity index (χ1) is 9.47. The number of halogens is 4. The van der Waals surface area contributed by atoms with Crippen molar-refractivity contribution in [1.82, 2.24) is 5.32 Å². The zero-order valence-electron chi connectivity index (χ0n) is 11.3. The van der Waals surface area contributed by atoms with Crippen LogP contribution < -0.4 is 5.32 Å². The van der Waals surface area contributed by atoms with Crippen molar-refractivity contribution in [2.24, 2.45) is 0 Å². The molecule has 2 rings (SSSR count). The summed E-state index contributed by atoms with van der Waals surface area (Å²) in [4.78, 5) is 0. The fourth-order valence-corrected chi connectivity index (χ4v) is 3.01. The van der Waals surface area contributed by atoms with Crippen molar-refractivity contribution in [1.29, 1.82) is 0 Å². The summed E-state index contributed by atoms with van der Waals surface area (Å²) in [5, 5.41) is 3.40. The van der Waals surface area contributed by atoms with Gasteiger partial charge in [0.05, 0.1) is 5.56 Å².